The predicted octanol–water partition coefficient (Wildman–Crippen LogP) is 4.36. The van der Waals surface area contributed by atoms with Crippen molar-refractivity contribution >= 4 is 27.5 Å². The van der Waals surface area contributed by atoms with E-state index < -0.39 is 5.60 Å². The van der Waals surface area contributed by atoms with Crippen molar-refractivity contribution in [1.82, 2.24) is 5.32 Å². The van der Waals surface area contributed by atoms with E-state index in [-0.39, 0.29) is 24.0 Å². The normalized spacial score (nSPS) is 30.2. The molecule has 4 saturated carbocycles. The summed E-state index contributed by atoms with van der Waals surface area (Å²) in [7, 11) is 0. The second-order valence-electron chi connectivity index (χ2n) is 10.7. The van der Waals surface area contributed by atoms with Crippen molar-refractivity contribution in [2.24, 2.45) is 17.8 Å². The van der Waals surface area contributed by atoms with Gasteiger partial charge in [-0.15, -0.1) is 0 Å². The summed E-state index contributed by atoms with van der Waals surface area (Å²) in [6, 6.07) is 14.6. The number of hydrogen-bond acceptors (Lipinski definition) is 5. The summed E-state index contributed by atoms with van der Waals surface area (Å²) in [6.07, 6.45) is 6.17. The van der Waals surface area contributed by atoms with Gasteiger partial charge >= 0.3 is 0 Å². The van der Waals surface area contributed by atoms with Gasteiger partial charge in [0.15, 0.2) is 0 Å². The first-order valence-corrected chi connectivity index (χ1v) is 13.0. The number of carbonyl (C=O) groups excluding carboxylic acids is 1. The van der Waals surface area contributed by atoms with E-state index in [4.69, 9.17) is 4.74 Å². The Morgan fingerprint density at radius 2 is 1.79 bits per heavy atom. The SMILES string of the molecule is O=C(Nc1ccc(Br)cc1)c1ccccc1OCC(CO)CNC12CC3CC(CC(O)(C3)C1)C2. The molecule has 0 radical (unpaired) electrons. The van der Waals surface area contributed by atoms with Crippen LogP contribution in [0.15, 0.2) is 53.0 Å². The average Bonchev–Trinajstić information content (AvgIpc) is 2.79. The minimum atomic E-state index is -0.510. The fourth-order valence-electron chi connectivity index (χ4n) is 6.68. The van der Waals surface area contributed by atoms with E-state index in [0.29, 0.717) is 42.0 Å². The van der Waals surface area contributed by atoms with Crippen molar-refractivity contribution in [2.75, 3.05) is 25.1 Å². The Bertz CT molecular complexity index is 1010. The number of ether oxygens (including phenoxy) is 1. The Kier molecular flexibility index (Phi) is 6.73. The molecule has 1 amide bonds. The Labute approximate surface area is 209 Å². The molecule has 0 aliphatic heterocycles. The van der Waals surface area contributed by atoms with Gasteiger partial charge in [0.2, 0.25) is 0 Å². The van der Waals surface area contributed by atoms with Crippen LogP contribution >= 0.6 is 15.9 Å². The average molecular weight is 529 g/mol. The molecule has 34 heavy (non-hydrogen) atoms. The zero-order chi connectivity index (χ0) is 23.8. The molecule has 4 fully saturated rings. The fourth-order valence-corrected chi connectivity index (χ4v) is 6.94. The third kappa shape index (κ3) is 5.18. The molecule has 6 rings (SSSR count). The monoisotopic (exact) mass is 528 g/mol. The molecular weight excluding hydrogens is 496 g/mol. The van der Waals surface area contributed by atoms with E-state index in [9.17, 15) is 15.0 Å². The topological polar surface area (TPSA) is 90.8 Å². The number of amides is 1. The van der Waals surface area contributed by atoms with Crippen LogP contribution in [0.1, 0.15) is 48.9 Å². The molecule has 4 aliphatic rings. The number of halogens is 1. The number of anilines is 1. The first kappa shape index (κ1) is 23.8. The molecule has 182 valence electrons. The van der Waals surface area contributed by atoms with E-state index in [0.717, 1.165) is 36.6 Å². The third-order valence-corrected chi connectivity index (χ3v) is 8.29. The maximum absolute atomic E-state index is 12.9. The molecule has 0 aromatic heterocycles. The number of aliphatic hydroxyl groups excluding tert-OH is 1. The fraction of sp³-hybridized carbons (Fsp3) is 0.519. The number of benzene rings is 2. The quantitative estimate of drug-likeness (QED) is 0.388. The van der Waals surface area contributed by atoms with Crippen LogP contribution in [-0.2, 0) is 0 Å². The zero-order valence-electron chi connectivity index (χ0n) is 19.3. The van der Waals surface area contributed by atoms with Gasteiger partial charge in [-0.3, -0.25) is 4.79 Å². The molecule has 4 bridgehead atoms. The molecule has 0 heterocycles. The van der Waals surface area contributed by atoms with Crippen molar-refractivity contribution < 1.29 is 19.7 Å². The van der Waals surface area contributed by atoms with Crippen molar-refractivity contribution in [3.8, 4) is 5.75 Å². The molecule has 4 N–H and O–H groups in total. The number of para-hydroxylation sites is 1. The van der Waals surface area contributed by atoms with Gasteiger partial charge in [0.25, 0.3) is 5.91 Å². The van der Waals surface area contributed by atoms with Crippen LogP contribution in [0, 0.1) is 17.8 Å². The van der Waals surface area contributed by atoms with Crippen LogP contribution in [0.5, 0.6) is 5.75 Å². The number of nitrogens with one attached hydrogen (secondary N) is 2. The molecule has 6 nitrogen and oxygen atoms in total. The molecule has 2 aromatic carbocycles. The Morgan fingerprint density at radius 1 is 1.09 bits per heavy atom. The number of aliphatic hydroxyl groups is 2. The lowest BCUT2D eigenvalue weighted by Crippen LogP contribution is -2.65. The molecule has 4 aliphatic carbocycles. The van der Waals surface area contributed by atoms with Crippen LogP contribution in [0.25, 0.3) is 0 Å². The first-order valence-electron chi connectivity index (χ1n) is 12.2. The minimum absolute atomic E-state index is 0.00649. The van der Waals surface area contributed by atoms with Crippen LogP contribution in [0.3, 0.4) is 0 Å². The molecule has 3 atom stereocenters. The van der Waals surface area contributed by atoms with Gasteiger partial charge in [0.05, 0.1) is 24.4 Å². The van der Waals surface area contributed by atoms with Gasteiger partial charge in [-0.05, 0) is 86.8 Å². The highest BCUT2D eigenvalue weighted by Gasteiger charge is 2.56. The van der Waals surface area contributed by atoms with Crippen LogP contribution < -0.4 is 15.4 Å². The molecule has 0 saturated heterocycles. The third-order valence-electron chi connectivity index (χ3n) is 7.76. The largest absolute Gasteiger partial charge is 0.492 e. The highest BCUT2D eigenvalue weighted by Crippen LogP contribution is 2.57. The van der Waals surface area contributed by atoms with Gasteiger partial charge in [0.1, 0.15) is 5.75 Å². The lowest BCUT2D eigenvalue weighted by atomic mass is 9.51. The predicted molar refractivity (Wildman–Crippen MR) is 135 cm³/mol. The first-order chi connectivity index (χ1) is 16.4. The molecule has 0 spiro atoms. The highest BCUT2D eigenvalue weighted by molar-refractivity contribution is 9.10. The second-order valence-corrected chi connectivity index (χ2v) is 11.6. The Balaban J connectivity index is 1.19. The van der Waals surface area contributed by atoms with Gasteiger partial charge in [-0.2, -0.15) is 0 Å². The van der Waals surface area contributed by atoms with E-state index in [1.54, 1.807) is 12.1 Å². The molecule has 3 unspecified atom stereocenters. The summed E-state index contributed by atoms with van der Waals surface area (Å²) in [4.78, 5) is 12.9. The van der Waals surface area contributed by atoms with Gasteiger partial charge in [-0.1, -0.05) is 28.1 Å². The maximum Gasteiger partial charge on any atom is 0.259 e. The van der Waals surface area contributed by atoms with Crippen molar-refractivity contribution in [2.45, 2.75) is 49.7 Å². The van der Waals surface area contributed by atoms with Gasteiger partial charge in [-0.25, -0.2) is 0 Å². The van der Waals surface area contributed by atoms with E-state index in [1.807, 2.05) is 36.4 Å². The summed E-state index contributed by atoms with van der Waals surface area (Å²) < 4.78 is 6.99. The zero-order valence-corrected chi connectivity index (χ0v) is 20.9. The highest BCUT2D eigenvalue weighted by atomic mass is 79.9. The number of rotatable bonds is 9. The molecule has 7 heteroatoms. The lowest BCUT2D eigenvalue weighted by Gasteiger charge is -2.60. The van der Waals surface area contributed by atoms with E-state index in [1.165, 1.54) is 6.42 Å². The summed E-state index contributed by atoms with van der Waals surface area (Å²) >= 11 is 3.40. The van der Waals surface area contributed by atoms with Crippen LogP contribution in [0.2, 0.25) is 0 Å². The second kappa shape index (κ2) is 9.61. The number of hydrogen-bond donors (Lipinski definition) is 4. The number of carbonyl (C=O) groups is 1. The van der Waals surface area contributed by atoms with Crippen LogP contribution in [-0.4, -0.2) is 47.0 Å². The van der Waals surface area contributed by atoms with Crippen LogP contribution in [0.4, 0.5) is 5.69 Å². The Hall–Kier alpha value is -1.93. The van der Waals surface area contributed by atoms with Gasteiger partial charge in [0, 0.05) is 28.2 Å². The summed E-state index contributed by atoms with van der Waals surface area (Å²) in [6.45, 7) is 0.923. The molecular formula is C27H33BrN2O4. The summed E-state index contributed by atoms with van der Waals surface area (Å²) in [5.41, 5.74) is 0.633. The summed E-state index contributed by atoms with van der Waals surface area (Å²) in [5, 5.41) is 27.6. The van der Waals surface area contributed by atoms with Crippen molar-refractivity contribution in [1.29, 1.82) is 0 Å². The van der Waals surface area contributed by atoms with Crippen molar-refractivity contribution in [3.05, 3.63) is 58.6 Å². The smallest absolute Gasteiger partial charge is 0.259 e. The van der Waals surface area contributed by atoms with E-state index >= 15 is 0 Å². The van der Waals surface area contributed by atoms with Gasteiger partial charge < -0.3 is 25.6 Å². The Morgan fingerprint density at radius 3 is 2.47 bits per heavy atom. The van der Waals surface area contributed by atoms with Crippen molar-refractivity contribution in [3.63, 3.8) is 0 Å². The lowest BCUT2D eigenvalue weighted by molar-refractivity contribution is -0.143. The minimum Gasteiger partial charge on any atom is -0.492 e. The van der Waals surface area contributed by atoms with E-state index in [2.05, 4.69) is 26.6 Å². The summed E-state index contributed by atoms with van der Waals surface area (Å²) in [5.74, 6) is 1.38. The molecule has 2 aromatic rings. The maximum atomic E-state index is 12.9. The standard InChI is InChI=1S/C27H33BrN2O4/c28-21-5-7-22(8-6-21)30-25(32)23-3-1-2-4-24(23)34-16-20(15-31)14-29-26-10-18-9-19(11-26)13-27(33,12-18)17-26/h1-8,18-20,29,31,33H,9-17H2,(H,30,32).